The van der Waals surface area contributed by atoms with Crippen LogP contribution in [0.4, 0.5) is 4.39 Å². The van der Waals surface area contributed by atoms with Gasteiger partial charge >= 0.3 is 0 Å². The SMILES string of the molecule is CC(C)CNCC1(Cc2c(F)cccc2Cl)CCOC1C. The van der Waals surface area contributed by atoms with E-state index in [2.05, 4.69) is 26.1 Å². The maximum atomic E-state index is 14.1. The van der Waals surface area contributed by atoms with E-state index in [4.69, 9.17) is 16.3 Å². The third kappa shape index (κ3) is 3.97. The monoisotopic (exact) mass is 313 g/mol. The summed E-state index contributed by atoms with van der Waals surface area (Å²) in [4.78, 5) is 0. The first-order valence-electron chi connectivity index (χ1n) is 7.70. The molecule has 0 radical (unpaired) electrons. The molecule has 0 spiro atoms. The van der Waals surface area contributed by atoms with Gasteiger partial charge < -0.3 is 10.1 Å². The summed E-state index contributed by atoms with van der Waals surface area (Å²) in [6, 6.07) is 4.89. The van der Waals surface area contributed by atoms with E-state index in [-0.39, 0.29) is 17.3 Å². The molecule has 118 valence electrons. The molecule has 2 unspecified atom stereocenters. The molecule has 2 rings (SSSR count). The van der Waals surface area contributed by atoms with Crippen LogP contribution in [0.3, 0.4) is 0 Å². The summed E-state index contributed by atoms with van der Waals surface area (Å²) in [5.74, 6) is 0.376. The minimum Gasteiger partial charge on any atom is -0.378 e. The fourth-order valence-electron chi connectivity index (χ4n) is 3.01. The molecule has 1 aromatic rings. The van der Waals surface area contributed by atoms with Crippen molar-refractivity contribution in [2.75, 3.05) is 19.7 Å². The van der Waals surface area contributed by atoms with E-state index < -0.39 is 0 Å². The molecule has 1 N–H and O–H groups in total. The maximum absolute atomic E-state index is 14.1. The van der Waals surface area contributed by atoms with Gasteiger partial charge in [0, 0.05) is 29.2 Å². The van der Waals surface area contributed by atoms with Crippen LogP contribution in [-0.2, 0) is 11.2 Å². The largest absolute Gasteiger partial charge is 0.378 e. The Balaban J connectivity index is 2.17. The van der Waals surface area contributed by atoms with Crippen LogP contribution in [0.1, 0.15) is 32.8 Å². The van der Waals surface area contributed by atoms with Crippen molar-refractivity contribution in [2.45, 2.75) is 39.7 Å². The number of ether oxygens (including phenoxy) is 1. The average Bonchev–Trinajstić information content (AvgIpc) is 2.76. The van der Waals surface area contributed by atoms with E-state index in [1.54, 1.807) is 12.1 Å². The fourth-order valence-corrected chi connectivity index (χ4v) is 3.24. The van der Waals surface area contributed by atoms with Crippen LogP contribution in [0.25, 0.3) is 0 Å². The Morgan fingerprint density at radius 2 is 2.24 bits per heavy atom. The molecule has 1 aliphatic rings. The van der Waals surface area contributed by atoms with Crippen LogP contribution in [-0.4, -0.2) is 25.8 Å². The van der Waals surface area contributed by atoms with Gasteiger partial charge in [0.1, 0.15) is 5.82 Å². The topological polar surface area (TPSA) is 21.3 Å². The van der Waals surface area contributed by atoms with Crippen LogP contribution in [0.5, 0.6) is 0 Å². The van der Waals surface area contributed by atoms with Crippen LogP contribution in [0.15, 0.2) is 18.2 Å². The van der Waals surface area contributed by atoms with Gasteiger partial charge in [-0.15, -0.1) is 0 Å². The van der Waals surface area contributed by atoms with Gasteiger partial charge in [-0.3, -0.25) is 0 Å². The molecule has 1 aromatic carbocycles. The summed E-state index contributed by atoms with van der Waals surface area (Å²) >= 11 is 6.20. The van der Waals surface area contributed by atoms with Gasteiger partial charge in [0.25, 0.3) is 0 Å². The molecular weight excluding hydrogens is 289 g/mol. The molecule has 0 aromatic heterocycles. The predicted molar refractivity (Wildman–Crippen MR) is 85.3 cm³/mol. The standard InChI is InChI=1S/C17H25ClFNO/c1-12(2)10-20-11-17(7-8-21-13(17)3)9-14-15(18)5-4-6-16(14)19/h4-6,12-13,20H,7-11H2,1-3H3. The smallest absolute Gasteiger partial charge is 0.127 e. The first kappa shape index (κ1) is 16.7. The second-order valence-electron chi connectivity index (χ2n) is 6.53. The summed E-state index contributed by atoms with van der Waals surface area (Å²) in [5, 5.41) is 4.02. The molecule has 21 heavy (non-hydrogen) atoms. The lowest BCUT2D eigenvalue weighted by molar-refractivity contribution is 0.0623. The molecule has 0 amide bonds. The van der Waals surface area contributed by atoms with Gasteiger partial charge in [-0.05, 0) is 44.4 Å². The molecule has 4 heteroatoms. The molecule has 1 heterocycles. The minimum absolute atomic E-state index is 0.0826. The highest BCUT2D eigenvalue weighted by molar-refractivity contribution is 6.31. The highest BCUT2D eigenvalue weighted by Gasteiger charge is 2.42. The van der Waals surface area contributed by atoms with Crippen LogP contribution >= 0.6 is 11.6 Å². The molecule has 0 bridgehead atoms. The number of benzene rings is 1. The van der Waals surface area contributed by atoms with E-state index in [0.717, 1.165) is 26.1 Å². The number of hydrogen-bond acceptors (Lipinski definition) is 2. The fraction of sp³-hybridized carbons (Fsp3) is 0.647. The number of rotatable bonds is 6. The Hall–Kier alpha value is -0.640. The quantitative estimate of drug-likeness (QED) is 0.855. The molecule has 0 saturated carbocycles. The van der Waals surface area contributed by atoms with E-state index in [1.165, 1.54) is 6.07 Å². The Labute approximate surface area is 132 Å². The number of nitrogens with one attached hydrogen (secondary N) is 1. The van der Waals surface area contributed by atoms with E-state index in [0.29, 0.717) is 22.9 Å². The van der Waals surface area contributed by atoms with Crippen molar-refractivity contribution in [1.82, 2.24) is 5.32 Å². The summed E-state index contributed by atoms with van der Waals surface area (Å²) in [6.45, 7) is 8.97. The van der Waals surface area contributed by atoms with Crippen LogP contribution in [0.2, 0.25) is 5.02 Å². The molecule has 2 atom stereocenters. The third-order valence-corrected chi connectivity index (χ3v) is 4.80. The zero-order chi connectivity index (χ0) is 15.5. The predicted octanol–water partition coefficient (Wildman–Crippen LogP) is 4.06. The minimum atomic E-state index is -0.218. The number of halogens is 2. The zero-order valence-corrected chi connectivity index (χ0v) is 13.8. The first-order chi connectivity index (χ1) is 9.94. The molecular formula is C17H25ClFNO. The molecule has 1 aliphatic heterocycles. The van der Waals surface area contributed by atoms with E-state index >= 15 is 0 Å². The lowest BCUT2D eigenvalue weighted by Gasteiger charge is -2.33. The van der Waals surface area contributed by atoms with E-state index in [1.807, 2.05) is 0 Å². The average molecular weight is 314 g/mol. The van der Waals surface area contributed by atoms with Crippen LogP contribution < -0.4 is 5.32 Å². The van der Waals surface area contributed by atoms with Crippen molar-refractivity contribution in [3.8, 4) is 0 Å². The number of hydrogen-bond donors (Lipinski definition) is 1. The normalized spacial score (nSPS) is 25.7. The Morgan fingerprint density at radius 1 is 1.48 bits per heavy atom. The Morgan fingerprint density at radius 3 is 2.81 bits per heavy atom. The van der Waals surface area contributed by atoms with E-state index in [9.17, 15) is 4.39 Å². The lowest BCUT2D eigenvalue weighted by Crippen LogP contribution is -2.42. The second kappa shape index (κ2) is 7.08. The van der Waals surface area contributed by atoms with Gasteiger partial charge in [-0.1, -0.05) is 31.5 Å². The van der Waals surface area contributed by atoms with Crippen LogP contribution in [0, 0.1) is 17.2 Å². The van der Waals surface area contributed by atoms with Gasteiger partial charge in [-0.25, -0.2) is 4.39 Å². The van der Waals surface area contributed by atoms with Gasteiger partial charge in [0.05, 0.1) is 6.10 Å². The van der Waals surface area contributed by atoms with Gasteiger partial charge in [0.2, 0.25) is 0 Å². The Kier molecular flexibility index (Phi) is 5.64. The summed E-state index contributed by atoms with van der Waals surface area (Å²) < 4.78 is 19.9. The lowest BCUT2D eigenvalue weighted by atomic mass is 9.76. The van der Waals surface area contributed by atoms with Crippen molar-refractivity contribution >= 4 is 11.6 Å². The summed E-state index contributed by atoms with van der Waals surface area (Å²) in [5.41, 5.74) is 0.531. The van der Waals surface area contributed by atoms with Crippen molar-refractivity contribution < 1.29 is 9.13 Å². The Bertz CT molecular complexity index is 460. The molecule has 1 saturated heterocycles. The van der Waals surface area contributed by atoms with Crippen molar-refractivity contribution in [3.05, 3.63) is 34.6 Å². The highest BCUT2D eigenvalue weighted by atomic mass is 35.5. The zero-order valence-electron chi connectivity index (χ0n) is 13.1. The van der Waals surface area contributed by atoms with Gasteiger partial charge in [-0.2, -0.15) is 0 Å². The summed E-state index contributed by atoms with van der Waals surface area (Å²) in [7, 11) is 0. The van der Waals surface area contributed by atoms with Crippen molar-refractivity contribution in [1.29, 1.82) is 0 Å². The van der Waals surface area contributed by atoms with Crippen molar-refractivity contribution in [3.63, 3.8) is 0 Å². The maximum Gasteiger partial charge on any atom is 0.127 e. The van der Waals surface area contributed by atoms with Gasteiger partial charge in [0.15, 0.2) is 0 Å². The third-order valence-electron chi connectivity index (χ3n) is 4.45. The first-order valence-corrected chi connectivity index (χ1v) is 8.07. The van der Waals surface area contributed by atoms with Crippen molar-refractivity contribution in [2.24, 2.45) is 11.3 Å². The second-order valence-corrected chi connectivity index (χ2v) is 6.93. The molecule has 1 fully saturated rings. The molecule has 2 nitrogen and oxygen atoms in total. The highest BCUT2D eigenvalue weighted by Crippen LogP contribution is 2.39. The molecule has 0 aliphatic carbocycles. The summed E-state index contributed by atoms with van der Waals surface area (Å²) in [6.07, 6.45) is 1.65.